The molecule has 1 unspecified atom stereocenters. The second-order valence-corrected chi connectivity index (χ2v) is 4.03. The lowest BCUT2D eigenvalue weighted by atomic mass is 10.2. The summed E-state index contributed by atoms with van der Waals surface area (Å²) in [6.45, 7) is 1.59. The van der Waals surface area contributed by atoms with Gasteiger partial charge in [-0.3, -0.25) is 0 Å². The predicted molar refractivity (Wildman–Crippen MR) is 58.4 cm³/mol. The molecule has 1 rings (SSSR count). The highest BCUT2D eigenvalue weighted by molar-refractivity contribution is 7.75. The van der Waals surface area contributed by atoms with Crippen molar-refractivity contribution < 1.29 is 8.98 Å². The topological polar surface area (TPSA) is 32.8 Å². The minimum absolute atomic E-state index is 0.0878. The van der Waals surface area contributed by atoms with E-state index in [0.717, 1.165) is 32.4 Å². The van der Waals surface area contributed by atoms with E-state index in [-0.39, 0.29) is 12.1 Å². The number of thiol groups is 1. The van der Waals surface area contributed by atoms with Crippen molar-refractivity contribution in [2.45, 2.75) is 25.4 Å². The van der Waals surface area contributed by atoms with Gasteiger partial charge in [0, 0.05) is 27.2 Å². The first-order valence-electron chi connectivity index (χ1n) is 4.91. The lowest BCUT2D eigenvalue weighted by Crippen LogP contribution is -2.39. The summed E-state index contributed by atoms with van der Waals surface area (Å²) in [6, 6.07) is 0.0878. The number of rotatable bonds is 1. The third-order valence-electron chi connectivity index (χ3n) is 2.48. The Morgan fingerprint density at radius 1 is 1.43 bits per heavy atom. The Morgan fingerprint density at radius 3 is 2.71 bits per heavy atom. The fraction of sp³-hybridized carbons (Fsp3) is 0.889. The Hall–Kier alpha value is -0.420. The molecular formula is C9H18N2O2S. The Bertz CT molecular complexity index is 199. The van der Waals surface area contributed by atoms with Gasteiger partial charge in [-0.2, -0.15) is 0 Å². The quantitative estimate of drug-likeness (QED) is 0.533. The van der Waals surface area contributed by atoms with Crippen LogP contribution in [-0.4, -0.2) is 49.1 Å². The van der Waals surface area contributed by atoms with Gasteiger partial charge in [0.15, 0.2) is 0 Å². The van der Waals surface area contributed by atoms with Crippen LogP contribution >= 0.6 is 12.9 Å². The second kappa shape index (κ2) is 5.46. The molecule has 1 fully saturated rings. The molecule has 0 aliphatic carbocycles. The summed E-state index contributed by atoms with van der Waals surface area (Å²) >= 11 is 3.82. The molecule has 14 heavy (non-hydrogen) atoms. The van der Waals surface area contributed by atoms with Crippen LogP contribution < -0.4 is 0 Å². The number of hydrogen-bond donors (Lipinski definition) is 1. The molecule has 1 saturated heterocycles. The first kappa shape index (κ1) is 11.7. The van der Waals surface area contributed by atoms with E-state index in [1.54, 1.807) is 19.0 Å². The Labute approximate surface area is 90.8 Å². The normalized spacial score (nSPS) is 23.1. The van der Waals surface area contributed by atoms with E-state index in [1.165, 1.54) is 0 Å². The van der Waals surface area contributed by atoms with Crippen LogP contribution in [0.15, 0.2) is 0 Å². The van der Waals surface area contributed by atoms with Gasteiger partial charge in [0.05, 0.1) is 6.10 Å². The zero-order valence-electron chi connectivity index (χ0n) is 8.77. The van der Waals surface area contributed by atoms with E-state index in [9.17, 15) is 4.79 Å². The van der Waals surface area contributed by atoms with Crippen LogP contribution in [0.4, 0.5) is 4.79 Å². The van der Waals surface area contributed by atoms with Crippen LogP contribution in [0.1, 0.15) is 19.3 Å². The van der Waals surface area contributed by atoms with Crippen molar-refractivity contribution in [2.75, 3.05) is 27.2 Å². The lowest BCUT2D eigenvalue weighted by molar-refractivity contribution is 0.169. The van der Waals surface area contributed by atoms with Crippen molar-refractivity contribution in [3.05, 3.63) is 0 Å². The van der Waals surface area contributed by atoms with Gasteiger partial charge in [0.25, 0.3) is 0 Å². The van der Waals surface area contributed by atoms with Crippen molar-refractivity contribution in [3.8, 4) is 0 Å². The summed E-state index contributed by atoms with van der Waals surface area (Å²) in [5.74, 6) is 0. The molecule has 0 spiro atoms. The van der Waals surface area contributed by atoms with E-state index >= 15 is 0 Å². The summed E-state index contributed by atoms with van der Waals surface area (Å²) < 4.78 is 5.00. The molecule has 0 bridgehead atoms. The molecule has 1 heterocycles. The summed E-state index contributed by atoms with van der Waals surface area (Å²) in [4.78, 5) is 15.1. The van der Waals surface area contributed by atoms with Crippen molar-refractivity contribution >= 4 is 18.9 Å². The number of carbonyl (C=O) groups is 1. The average Bonchev–Trinajstić information content (AvgIpc) is 2.41. The third-order valence-corrected chi connectivity index (χ3v) is 2.78. The van der Waals surface area contributed by atoms with Crippen LogP contribution in [0.3, 0.4) is 0 Å². The second-order valence-electron chi connectivity index (χ2n) is 3.82. The van der Waals surface area contributed by atoms with E-state index in [2.05, 4.69) is 12.9 Å². The molecule has 0 aromatic carbocycles. The standard InChI is InChI=1S/C9H18N2O2S/c1-10(2)9(12)11-6-3-4-8(13-14)5-7-11/h8,14H,3-7H2,1-2H3. The number of hydrogen-bond acceptors (Lipinski definition) is 3. The van der Waals surface area contributed by atoms with Crippen LogP contribution in [0.5, 0.6) is 0 Å². The summed E-state index contributed by atoms with van der Waals surface area (Å²) in [5.41, 5.74) is 0. The van der Waals surface area contributed by atoms with Gasteiger partial charge < -0.3 is 14.0 Å². The zero-order valence-corrected chi connectivity index (χ0v) is 9.67. The van der Waals surface area contributed by atoms with Crippen molar-refractivity contribution in [3.63, 3.8) is 0 Å². The molecule has 4 nitrogen and oxygen atoms in total. The van der Waals surface area contributed by atoms with E-state index in [1.807, 2.05) is 4.90 Å². The Balaban J connectivity index is 2.45. The van der Waals surface area contributed by atoms with E-state index in [0.29, 0.717) is 0 Å². The number of urea groups is 1. The molecule has 1 aliphatic rings. The summed E-state index contributed by atoms with van der Waals surface area (Å²) in [5, 5.41) is 0. The third kappa shape index (κ3) is 3.06. The summed E-state index contributed by atoms with van der Waals surface area (Å²) in [6.07, 6.45) is 3.05. The zero-order chi connectivity index (χ0) is 10.6. The molecule has 2 amide bonds. The molecule has 0 aromatic rings. The number of carbonyl (C=O) groups excluding carboxylic acids is 1. The smallest absolute Gasteiger partial charge is 0.319 e. The fourth-order valence-corrected chi connectivity index (χ4v) is 1.86. The molecular weight excluding hydrogens is 200 g/mol. The van der Waals surface area contributed by atoms with Crippen molar-refractivity contribution in [1.82, 2.24) is 9.80 Å². The maximum absolute atomic E-state index is 11.6. The summed E-state index contributed by atoms with van der Waals surface area (Å²) in [7, 11) is 3.56. The number of likely N-dealkylation sites (tertiary alicyclic amines) is 1. The van der Waals surface area contributed by atoms with Crippen molar-refractivity contribution in [2.24, 2.45) is 0 Å². The van der Waals surface area contributed by atoms with Crippen LogP contribution in [0.2, 0.25) is 0 Å². The van der Waals surface area contributed by atoms with E-state index < -0.39 is 0 Å². The fourth-order valence-electron chi connectivity index (χ4n) is 1.65. The average molecular weight is 218 g/mol. The van der Waals surface area contributed by atoms with E-state index in [4.69, 9.17) is 4.18 Å². The maximum atomic E-state index is 11.6. The molecule has 0 aromatic heterocycles. The van der Waals surface area contributed by atoms with Crippen LogP contribution in [0, 0.1) is 0 Å². The number of nitrogens with zero attached hydrogens (tertiary/aromatic N) is 2. The Morgan fingerprint density at radius 2 is 2.14 bits per heavy atom. The van der Waals surface area contributed by atoms with Gasteiger partial charge >= 0.3 is 6.03 Å². The molecule has 1 atom stereocenters. The minimum Gasteiger partial charge on any atom is -0.331 e. The first-order valence-corrected chi connectivity index (χ1v) is 5.28. The van der Waals surface area contributed by atoms with Gasteiger partial charge in [0.2, 0.25) is 0 Å². The van der Waals surface area contributed by atoms with Gasteiger partial charge in [-0.25, -0.2) is 4.79 Å². The highest BCUT2D eigenvalue weighted by Gasteiger charge is 2.21. The maximum Gasteiger partial charge on any atom is 0.319 e. The molecule has 1 aliphatic heterocycles. The highest BCUT2D eigenvalue weighted by Crippen LogP contribution is 2.15. The van der Waals surface area contributed by atoms with Gasteiger partial charge in [-0.1, -0.05) is 0 Å². The monoisotopic (exact) mass is 218 g/mol. The lowest BCUT2D eigenvalue weighted by Gasteiger charge is -2.24. The highest BCUT2D eigenvalue weighted by atomic mass is 32.1. The molecule has 82 valence electrons. The SMILES string of the molecule is CN(C)C(=O)N1CCCC(OS)CC1. The molecule has 0 radical (unpaired) electrons. The molecule has 0 N–H and O–H groups in total. The van der Waals surface area contributed by atoms with Gasteiger partial charge in [-0.05, 0) is 32.2 Å². The van der Waals surface area contributed by atoms with Crippen LogP contribution in [0.25, 0.3) is 0 Å². The number of amides is 2. The van der Waals surface area contributed by atoms with Gasteiger partial charge in [0.1, 0.15) is 0 Å². The van der Waals surface area contributed by atoms with Crippen LogP contribution in [-0.2, 0) is 4.18 Å². The van der Waals surface area contributed by atoms with Crippen molar-refractivity contribution in [1.29, 1.82) is 0 Å². The first-order chi connectivity index (χ1) is 6.65. The predicted octanol–water partition coefficient (Wildman–Crippen LogP) is 1.38. The molecule has 5 heteroatoms. The van der Waals surface area contributed by atoms with Gasteiger partial charge in [-0.15, -0.1) is 0 Å². The Kier molecular flexibility index (Phi) is 4.54. The minimum atomic E-state index is 0.0878. The largest absolute Gasteiger partial charge is 0.331 e. The molecule has 0 saturated carbocycles.